The van der Waals surface area contributed by atoms with Crippen LogP contribution in [0.2, 0.25) is 0 Å². The summed E-state index contributed by atoms with van der Waals surface area (Å²) in [6.07, 6.45) is 5.63. The summed E-state index contributed by atoms with van der Waals surface area (Å²) in [6.45, 7) is 5.53. The molecule has 0 aromatic carbocycles. The molecule has 2 aliphatic rings. The average molecular weight is 337 g/mol. The van der Waals surface area contributed by atoms with Crippen LogP contribution in [0.15, 0.2) is 4.99 Å². The summed E-state index contributed by atoms with van der Waals surface area (Å²) in [5.74, 6) is 2.90. The lowest BCUT2D eigenvalue weighted by atomic mass is 9.82. The highest BCUT2D eigenvalue weighted by molar-refractivity contribution is 14.0. The molecule has 0 radical (unpaired) electrons. The van der Waals surface area contributed by atoms with Gasteiger partial charge in [-0.2, -0.15) is 0 Å². The third-order valence-corrected chi connectivity index (χ3v) is 3.65. The topological polar surface area (TPSA) is 27.6 Å². The first-order chi connectivity index (χ1) is 7.25. The van der Waals surface area contributed by atoms with E-state index in [1.807, 2.05) is 0 Å². The maximum Gasteiger partial charge on any atom is 0.193 e. The van der Waals surface area contributed by atoms with Gasteiger partial charge in [-0.1, -0.05) is 19.8 Å². The zero-order chi connectivity index (χ0) is 10.7. The second-order valence-corrected chi connectivity index (χ2v) is 5.15. The van der Waals surface area contributed by atoms with Crippen LogP contribution in [-0.2, 0) is 0 Å². The Morgan fingerprint density at radius 1 is 1.44 bits per heavy atom. The third kappa shape index (κ3) is 3.79. The van der Waals surface area contributed by atoms with Crippen molar-refractivity contribution >= 4 is 29.9 Å². The predicted octanol–water partition coefficient (Wildman–Crippen LogP) is 2.32. The SMILES string of the molecule is CC1CCCC(CNC2=NCCN2C)C1.I. The number of rotatable bonds is 2. The minimum Gasteiger partial charge on any atom is -0.356 e. The zero-order valence-corrected chi connectivity index (χ0v) is 12.7. The Balaban J connectivity index is 0.00000128. The fourth-order valence-electron chi connectivity index (χ4n) is 2.70. The molecular weight excluding hydrogens is 313 g/mol. The average Bonchev–Trinajstić information content (AvgIpc) is 2.61. The van der Waals surface area contributed by atoms with Gasteiger partial charge in [-0.3, -0.25) is 4.99 Å². The lowest BCUT2D eigenvalue weighted by molar-refractivity contribution is 0.281. The van der Waals surface area contributed by atoms with Crippen LogP contribution in [-0.4, -0.2) is 37.5 Å². The van der Waals surface area contributed by atoms with Crippen LogP contribution in [0, 0.1) is 11.8 Å². The number of aliphatic imine (C=N–C) groups is 1. The summed E-state index contributed by atoms with van der Waals surface area (Å²) in [4.78, 5) is 6.67. The summed E-state index contributed by atoms with van der Waals surface area (Å²) < 4.78 is 0. The van der Waals surface area contributed by atoms with Gasteiger partial charge in [-0.25, -0.2) is 0 Å². The van der Waals surface area contributed by atoms with Crippen LogP contribution in [0.25, 0.3) is 0 Å². The van der Waals surface area contributed by atoms with Crippen LogP contribution < -0.4 is 5.32 Å². The van der Waals surface area contributed by atoms with Crippen LogP contribution in [0.5, 0.6) is 0 Å². The van der Waals surface area contributed by atoms with Crippen molar-refractivity contribution in [3.63, 3.8) is 0 Å². The molecule has 2 atom stereocenters. The number of likely N-dealkylation sites (N-methyl/N-ethyl adjacent to an activating group) is 1. The summed E-state index contributed by atoms with van der Waals surface area (Å²) in [7, 11) is 2.11. The van der Waals surface area contributed by atoms with E-state index in [-0.39, 0.29) is 24.0 Å². The number of nitrogens with zero attached hydrogens (tertiary/aromatic N) is 2. The van der Waals surface area contributed by atoms with Crippen molar-refractivity contribution in [1.29, 1.82) is 0 Å². The van der Waals surface area contributed by atoms with Crippen molar-refractivity contribution in [3.05, 3.63) is 0 Å². The Kier molecular flexibility index (Phi) is 5.86. The van der Waals surface area contributed by atoms with Crippen molar-refractivity contribution in [1.82, 2.24) is 10.2 Å². The van der Waals surface area contributed by atoms with Gasteiger partial charge in [0.25, 0.3) is 0 Å². The zero-order valence-electron chi connectivity index (χ0n) is 10.4. The molecule has 0 saturated heterocycles. The first-order valence-corrected chi connectivity index (χ1v) is 6.25. The van der Waals surface area contributed by atoms with Gasteiger partial charge in [0, 0.05) is 20.1 Å². The Labute approximate surface area is 116 Å². The van der Waals surface area contributed by atoms with E-state index in [1.54, 1.807) is 0 Å². The van der Waals surface area contributed by atoms with Gasteiger partial charge in [0.2, 0.25) is 0 Å². The summed E-state index contributed by atoms with van der Waals surface area (Å²) in [5.41, 5.74) is 0. The highest BCUT2D eigenvalue weighted by atomic mass is 127. The smallest absolute Gasteiger partial charge is 0.193 e. The fourth-order valence-corrected chi connectivity index (χ4v) is 2.70. The minimum atomic E-state index is 0. The van der Waals surface area contributed by atoms with E-state index in [0.717, 1.165) is 37.4 Å². The van der Waals surface area contributed by atoms with Crippen LogP contribution in [0.3, 0.4) is 0 Å². The molecule has 4 heteroatoms. The molecule has 1 heterocycles. The Bertz CT molecular complexity index is 242. The fraction of sp³-hybridized carbons (Fsp3) is 0.917. The molecule has 2 rings (SSSR count). The van der Waals surface area contributed by atoms with Gasteiger partial charge in [-0.15, -0.1) is 24.0 Å². The van der Waals surface area contributed by atoms with Crippen LogP contribution in [0.4, 0.5) is 0 Å². The molecule has 0 bridgehead atoms. The van der Waals surface area contributed by atoms with E-state index >= 15 is 0 Å². The lowest BCUT2D eigenvalue weighted by Gasteiger charge is -2.27. The molecule has 0 spiro atoms. The molecule has 1 fully saturated rings. The number of nitrogens with one attached hydrogen (secondary N) is 1. The molecule has 1 aliphatic heterocycles. The van der Waals surface area contributed by atoms with Gasteiger partial charge in [-0.05, 0) is 24.7 Å². The maximum atomic E-state index is 4.45. The maximum absolute atomic E-state index is 4.45. The molecular formula is C12H24IN3. The van der Waals surface area contributed by atoms with Gasteiger partial charge in [0.1, 0.15) is 0 Å². The van der Waals surface area contributed by atoms with Gasteiger partial charge >= 0.3 is 0 Å². The van der Waals surface area contributed by atoms with E-state index in [0.29, 0.717) is 0 Å². The Hall–Kier alpha value is 0. The van der Waals surface area contributed by atoms with Gasteiger partial charge < -0.3 is 10.2 Å². The Morgan fingerprint density at radius 3 is 2.88 bits per heavy atom. The monoisotopic (exact) mass is 337 g/mol. The largest absolute Gasteiger partial charge is 0.356 e. The van der Waals surface area contributed by atoms with Crippen molar-refractivity contribution in [2.24, 2.45) is 16.8 Å². The molecule has 1 saturated carbocycles. The molecule has 0 aromatic rings. The second kappa shape index (κ2) is 6.67. The quantitative estimate of drug-likeness (QED) is 0.783. The van der Waals surface area contributed by atoms with E-state index in [4.69, 9.17) is 0 Å². The third-order valence-electron chi connectivity index (χ3n) is 3.65. The van der Waals surface area contributed by atoms with Crippen molar-refractivity contribution < 1.29 is 0 Å². The first kappa shape index (κ1) is 14.1. The predicted molar refractivity (Wildman–Crippen MR) is 79.5 cm³/mol. The number of guanidine groups is 1. The van der Waals surface area contributed by atoms with Crippen molar-refractivity contribution in [3.8, 4) is 0 Å². The number of hydrogen-bond donors (Lipinski definition) is 1. The first-order valence-electron chi connectivity index (χ1n) is 6.25. The molecule has 94 valence electrons. The second-order valence-electron chi connectivity index (χ2n) is 5.15. The normalized spacial score (nSPS) is 29.6. The standard InChI is InChI=1S/C12H23N3.HI/c1-10-4-3-5-11(8-10)9-14-12-13-6-7-15(12)2;/h10-11H,3-9H2,1-2H3,(H,13,14);1H. The Morgan fingerprint density at radius 2 is 2.25 bits per heavy atom. The van der Waals surface area contributed by atoms with E-state index in [1.165, 1.54) is 25.7 Å². The molecule has 2 unspecified atom stereocenters. The van der Waals surface area contributed by atoms with Gasteiger partial charge in [0.05, 0.1) is 6.54 Å². The highest BCUT2D eigenvalue weighted by Crippen LogP contribution is 2.27. The summed E-state index contributed by atoms with van der Waals surface area (Å²) >= 11 is 0. The number of halogens is 1. The molecule has 1 aliphatic carbocycles. The van der Waals surface area contributed by atoms with Crippen molar-refractivity contribution in [2.45, 2.75) is 32.6 Å². The highest BCUT2D eigenvalue weighted by Gasteiger charge is 2.20. The number of hydrogen-bond acceptors (Lipinski definition) is 3. The van der Waals surface area contributed by atoms with Crippen LogP contribution in [0.1, 0.15) is 32.6 Å². The molecule has 0 aromatic heterocycles. The van der Waals surface area contributed by atoms with Crippen molar-refractivity contribution in [2.75, 3.05) is 26.7 Å². The van der Waals surface area contributed by atoms with E-state index in [9.17, 15) is 0 Å². The van der Waals surface area contributed by atoms with E-state index in [2.05, 4.69) is 29.2 Å². The lowest BCUT2D eigenvalue weighted by Crippen LogP contribution is -2.39. The molecule has 3 nitrogen and oxygen atoms in total. The van der Waals surface area contributed by atoms with Crippen LogP contribution >= 0.6 is 24.0 Å². The minimum absolute atomic E-state index is 0. The van der Waals surface area contributed by atoms with Gasteiger partial charge in [0.15, 0.2) is 5.96 Å². The summed E-state index contributed by atoms with van der Waals surface area (Å²) in [5, 5.41) is 3.50. The molecule has 0 amide bonds. The van der Waals surface area contributed by atoms with E-state index < -0.39 is 0 Å². The summed E-state index contributed by atoms with van der Waals surface area (Å²) in [6, 6.07) is 0. The molecule has 16 heavy (non-hydrogen) atoms. The molecule has 1 N–H and O–H groups in total.